The second-order valence-electron chi connectivity index (χ2n) is 6.24. The number of likely N-dealkylation sites (N-methyl/N-ethyl adjacent to an activating group) is 1. The molecule has 0 amide bonds. The Labute approximate surface area is 122 Å². The fourth-order valence-electron chi connectivity index (χ4n) is 2.82. The van der Waals surface area contributed by atoms with E-state index in [4.69, 9.17) is 9.15 Å². The topological polar surface area (TPSA) is 37.6 Å². The summed E-state index contributed by atoms with van der Waals surface area (Å²) in [6.07, 6.45) is 3.25. The van der Waals surface area contributed by atoms with Crippen molar-refractivity contribution in [1.29, 1.82) is 0 Å². The first-order valence-corrected chi connectivity index (χ1v) is 7.65. The maximum absolute atomic E-state index is 5.65. The van der Waals surface area contributed by atoms with Crippen molar-refractivity contribution in [1.82, 2.24) is 10.2 Å². The van der Waals surface area contributed by atoms with Gasteiger partial charge in [-0.25, -0.2) is 0 Å². The summed E-state index contributed by atoms with van der Waals surface area (Å²) in [6, 6.07) is 2.60. The van der Waals surface area contributed by atoms with E-state index in [0.29, 0.717) is 18.1 Å². The fraction of sp³-hybridized carbons (Fsp3) is 0.750. The van der Waals surface area contributed by atoms with E-state index in [1.807, 2.05) is 0 Å². The van der Waals surface area contributed by atoms with Crippen LogP contribution >= 0.6 is 0 Å². The summed E-state index contributed by atoms with van der Waals surface area (Å²) in [5.74, 6) is 1.72. The smallest absolute Gasteiger partial charge is 0.122 e. The average Bonchev–Trinajstić information content (AvgIpc) is 2.98. The van der Waals surface area contributed by atoms with Gasteiger partial charge in [-0.05, 0) is 38.9 Å². The first-order chi connectivity index (χ1) is 9.58. The normalized spacial score (nSPS) is 23.1. The molecule has 1 aromatic rings. The summed E-state index contributed by atoms with van der Waals surface area (Å²) in [5.41, 5.74) is 1.28. The number of rotatable bonds is 7. The molecule has 0 spiro atoms. The summed E-state index contributed by atoms with van der Waals surface area (Å²) in [6.45, 7) is 10.2. The predicted octanol–water partition coefficient (Wildman–Crippen LogP) is 2.63. The van der Waals surface area contributed by atoms with Crippen LogP contribution in [0.3, 0.4) is 0 Å². The minimum atomic E-state index is 0.328. The van der Waals surface area contributed by atoms with Crippen LogP contribution in [0.4, 0.5) is 0 Å². The minimum absolute atomic E-state index is 0.328. The van der Waals surface area contributed by atoms with E-state index >= 15 is 0 Å². The van der Waals surface area contributed by atoms with Crippen molar-refractivity contribution >= 4 is 0 Å². The van der Waals surface area contributed by atoms with Crippen molar-refractivity contribution in [2.75, 3.05) is 20.2 Å². The minimum Gasteiger partial charge on any atom is -0.468 e. The second-order valence-corrected chi connectivity index (χ2v) is 6.24. The number of furan rings is 1. The first-order valence-electron chi connectivity index (χ1n) is 7.65. The Morgan fingerprint density at radius 3 is 2.90 bits per heavy atom. The lowest BCUT2D eigenvalue weighted by atomic mass is 10.1. The summed E-state index contributed by atoms with van der Waals surface area (Å²) in [4.78, 5) is 2.38. The quantitative estimate of drug-likeness (QED) is 0.833. The molecule has 0 aliphatic carbocycles. The van der Waals surface area contributed by atoms with Crippen LogP contribution in [0.25, 0.3) is 0 Å². The van der Waals surface area contributed by atoms with Gasteiger partial charge in [-0.3, -0.25) is 4.90 Å². The maximum Gasteiger partial charge on any atom is 0.122 e. The Balaban J connectivity index is 1.87. The van der Waals surface area contributed by atoms with E-state index in [1.54, 1.807) is 6.26 Å². The molecule has 1 saturated heterocycles. The van der Waals surface area contributed by atoms with Crippen LogP contribution in [-0.4, -0.2) is 37.2 Å². The predicted molar refractivity (Wildman–Crippen MR) is 80.5 cm³/mol. The maximum atomic E-state index is 5.65. The van der Waals surface area contributed by atoms with Gasteiger partial charge >= 0.3 is 0 Å². The van der Waals surface area contributed by atoms with E-state index in [0.717, 1.165) is 38.4 Å². The Morgan fingerprint density at radius 1 is 1.45 bits per heavy atom. The van der Waals surface area contributed by atoms with Gasteiger partial charge in [0.05, 0.1) is 18.9 Å². The molecule has 1 fully saturated rings. The van der Waals surface area contributed by atoms with Crippen LogP contribution in [0.1, 0.15) is 38.5 Å². The number of nitrogens with one attached hydrogen (secondary N) is 1. The molecule has 0 radical (unpaired) electrons. The molecule has 0 saturated carbocycles. The van der Waals surface area contributed by atoms with E-state index in [1.165, 1.54) is 5.56 Å². The molecule has 4 heteroatoms. The molecular formula is C16H28N2O2. The largest absolute Gasteiger partial charge is 0.468 e. The highest BCUT2D eigenvalue weighted by molar-refractivity contribution is 5.17. The Bertz CT molecular complexity index is 403. The summed E-state index contributed by atoms with van der Waals surface area (Å²) >= 11 is 0. The van der Waals surface area contributed by atoms with E-state index < -0.39 is 0 Å². The van der Waals surface area contributed by atoms with Gasteiger partial charge in [0.1, 0.15) is 5.76 Å². The lowest BCUT2D eigenvalue weighted by molar-refractivity contribution is 0.0812. The molecule has 0 aromatic carbocycles. The second kappa shape index (κ2) is 7.25. The fourth-order valence-corrected chi connectivity index (χ4v) is 2.82. The van der Waals surface area contributed by atoms with Gasteiger partial charge in [-0.2, -0.15) is 0 Å². The van der Waals surface area contributed by atoms with Crippen LogP contribution < -0.4 is 5.32 Å². The van der Waals surface area contributed by atoms with Crippen molar-refractivity contribution in [2.24, 2.45) is 5.92 Å². The molecule has 1 aliphatic heterocycles. The average molecular weight is 280 g/mol. The third-order valence-electron chi connectivity index (χ3n) is 4.00. The molecule has 2 rings (SSSR count). The van der Waals surface area contributed by atoms with Gasteiger partial charge in [0, 0.05) is 24.8 Å². The number of hydrogen-bond acceptors (Lipinski definition) is 4. The number of nitrogens with zero attached hydrogens (tertiary/aromatic N) is 1. The standard InChI is InChI=1S/C16H28N2O2/c1-12(2)9-17-10-16-14(5-7-20-16)11-18(4)15-6-8-19-13(15)3/h5,7,12-13,15,17H,6,8-11H2,1-4H3. The molecule has 2 heterocycles. The zero-order chi connectivity index (χ0) is 14.5. The molecule has 2 unspecified atom stereocenters. The van der Waals surface area contributed by atoms with Crippen LogP contribution in [0.15, 0.2) is 16.7 Å². The van der Waals surface area contributed by atoms with Crippen LogP contribution in [0.2, 0.25) is 0 Å². The van der Waals surface area contributed by atoms with E-state index in [-0.39, 0.29) is 0 Å². The monoisotopic (exact) mass is 280 g/mol. The Kier molecular flexibility index (Phi) is 5.64. The van der Waals surface area contributed by atoms with Crippen LogP contribution in [0, 0.1) is 5.92 Å². The van der Waals surface area contributed by atoms with Crippen LogP contribution in [-0.2, 0) is 17.8 Å². The summed E-state index contributed by atoms with van der Waals surface area (Å²) in [5, 5.41) is 3.44. The molecule has 1 N–H and O–H groups in total. The zero-order valence-electron chi connectivity index (χ0n) is 13.2. The SMILES string of the molecule is CC(C)CNCc1occc1CN(C)C1CCOC1C. The van der Waals surface area contributed by atoms with Crippen molar-refractivity contribution in [2.45, 2.75) is 52.4 Å². The molecule has 1 aromatic heterocycles. The highest BCUT2D eigenvalue weighted by Gasteiger charge is 2.28. The molecule has 114 valence electrons. The van der Waals surface area contributed by atoms with Gasteiger partial charge in [-0.1, -0.05) is 13.8 Å². The zero-order valence-corrected chi connectivity index (χ0v) is 13.2. The molecule has 0 bridgehead atoms. The van der Waals surface area contributed by atoms with Gasteiger partial charge < -0.3 is 14.5 Å². The highest BCUT2D eigenvalue weighted by atomic mass is 16.5. The summed E-state index contributed by atoms with van der Waals surface area (Å²) < 4.78 is 11.3. The Hall–Kier alpha value is -0.840. The molecule has 2 atom stereocenters. The van der Waals surface area contributed by atoms with Crippen molar-refractivity contribution in [3.8, 4) is 0 Å². The lowest BCUT2D eigenvalue weighted by Crippen LogP contribution is -2.36. The number of hydrogen-bond donors (Lipinski definition) is 1. The van der Waals surface area contributed by atoms with Gasteiger partial charge in [0.2, 0.25) is 0 Å². The van der Waals surface area contributed by atoms with Crippen molar-refractivity contribution in [3.63, 3.8) is 0 Å². The summed E-state index contributed by atoms with van der Waals surface area (Å²) in [7, 11) is 2.17. The lowest BCUT2D eigenvalue weighted by Gasteiger charge is -2.26. The number of ether oxygens (including phenoxy) is 1. The van der Waals surface area contributed by atoms with Crippen molar-refractivity contribution in [3.05, 3.63) is 23.7 Å². The van der Waals surface area contributed by atoms with Gasteiger partial charge in [-0.15, -0.1) is 0 Å². The van der Waals surface area contributed by atoms with Crippen LogP contribution in [0.5, 0.6) is 0 Å². The molecule has 1 aliphatic rings. The third kappa shape index (κ3) is 4.08. The molecular weight excluding hydrogens is 252 g/mol. The van der Waals surface area contributed by atoms with Gasteiger partial charge in [0.25, 0.3) is 0 Å². The first kappa shape index (κ1) is 15.5. The third-order valence-corrected chi connectivity index (χ3v) is 4.00. The molecule has 20 heavy (non-hydrogen) atoms. The van der Waals surface area contributed by atoms with E-state index in [2.05, 4.69) is 44.1 Å². The van der Waals surface area contributed by atoms with E-state index in [9.17, 15) is 0 Å². The van der Waals surface area contributed by atoms with Crippen molar-refractivity contribution < 1.29 is 9.15 Å². The Morgan fingerprint density at radius 2 is 2.25 bits per heavy atom. The van der Waals surface area contributed by atoms with Gasteiger partial charge in [0.15, 0.2) is 0 Å². The molecule has 4 nitrogen and oxygen atoms in total. The highest BCUT2D eigenvalue weighted by Crippen LogP contribution is 2.21.